The highest BCUT2D eigenvalue weighted by molar-refractivity contribution is 7.51. The Morgan fingerprint density at radius 1 is 1.00 bits per heavy atom. The van der Waals surface area contributed by atoms with E-state index in [1.54, 1.807) is 0 Å². The second-order valence-corrected chi connectivity index (χ2v) is 11.1. The molecule has 1 spiro atoms. The number of phosphoric ester groups is 3. The Kier molecular flexibility index (Phi) is 3.12. The molecule has 21 heteroatoms. The third-order valence-corrected chi connectivity index (χ3v) is 9.00. The quantitative estimate of drug-likeness (QED) is 0.476. The molecule has 31 heavy (non-hydrogen) atoms. The third kappa shape index (κ3) is 1.96. The lowest BCUT2D eigenvalue weighted by Crippen LogP contribution is -2.69. The predicted octanol–water partition coefficient (Wildman–Crippen LogP) is -1.23. The number of phosphoric acid groups is 3. The zero-order chi connectivity index (χ0) is 21.7. The Bertz CT molecular complexity index is 1340. The zero-order valence-corrected chi connectivity index (χ0v) is 17.1. The number of nitrogens with zero attached hydrogens (tertiary/aromatic N) is 2. The Morgan fingerprint density at radius 3 is 2.35 bits per heavy atom. The van der Waals surface area contributed by atoms with E-state index in [1.165, 1.54) is 0 Å². The first kappa shape index (κ1) is 19.1. The van der Waals surface area contributed by atoms with Gasteiger partial charge < -0.3 is 14.4 Å². The van der Waals surface area contributed by atoms with Gasteiger partial charge in [0.05, 0.1) is 13.2 Å². The first-order valence-electron chi connectivity index (χ1n) is 8.28. The van der Waals surface area contributed by atoms with E-state index in [4.69, 9.17) is 45.6 Å². The van der Waals surface area contributed by atoms with E-state index in [-0.39, 0.29) is 4.73 Å². The minimum absolute atomic E-state index is 0.00618. The lowest BCUT2D eigenvalue weighted by Gasteiger charge is -2.53. The molecule has 1 N–H and O–H groups in total. The van der Waals surface area contributed by atoms with Crippen molar-refractivity contribution in [1.82, 2.24) is 9.30 Å². The summed E-state index contributed by atoms with van der Waals surface area (Å²) in [7, 11) is -13.6. The average molecular weight is 504 g/mol. The van der Waals surface area contributed by atoms with Crippen molar-refractivity contribution in [2.24, 2.45) is 0 Å². The molecule has 0 radical (unpaired) electrons. The number of aliphatic hydroxyl groups excluding tert-OH is 1. The molecule has 0 amide bonds. The number of ether oxygens (including phenoxy) is 1. The number of hydrogen-bond acceptors (Lipinski definition) is 16. The molecule has 10 aliphatic heterocycles. The molecule has 1 aromatic rings. The van der Waals surface area contributed by atoms with Crippen molar-refractivity contribution in [1.29, 1.82) is 0 Å². The van der Waals surface area contributed by atoms with Gasteiger partial charge in [-0.05, 0) is 0 Å². The summed E-state index contributed by atoms with van der Waals surface area (Å²) < 4.78 is 89.8. The van der Waals surface area contributed by atoms with Gasteiger partial charge in [-0.15, -0.1) is 0 Å². The van der Waals surface area contributed by atoms with Crippen LogP contribution in [0.25, 0.3) is 0 Å². The maximum absolute atomic E-state index is 13.2. The largest absolute Gasteiger partial charge is 0.613 e. The molecule has 18 nitrogen and oxygen atoms in total. The van der Waals surface area contributed by atoms with Crippen molar-refractivity contribution in [2.45, 2.75) is 17.7 Å². The number of fused-ring (bicyclic) bond motifs is 2. The van der Waals surface area contributed by atoms with E-state index >= 15 is 0 Å². The second kappa shape index (κ2) is 5.07. The van der Waals surface area contributed by atoms with Crippen molar-refractivity contribution in [2.75, 3.05) is 19.8 Å². The summed E-state index contributed by atoms with van der Waals surface area (Å²) in [6, 6.07) is 0. The standard InChI is InChI=1S/C10H7N2O16P3/c13-1-2-19-10(8-3-20-29(16,22-8)23-8)11-6-4-5(14)12(7(11)15)28-30(17,21-6)24-9(4)25-31(18,26-9)27-10/h13H,1-3H2. The van der Waals surface area contributed by atoms with Gasteiger partial charge in [-0.3, -0.25) is 13.9 Å². The molecule has 168 valence electrons. The highest BCUT2D eigenvalue weighted by Gasteiger charge is 2.84. The van der Waals surface area contributed by atoms with Crippen molar-refractivity contribution < 1.29 is 64.4 Å². The van der Waals surface area contributed by atoms with Gasteiger partial charge in [-0.2, -0.15) is 0 Å². The first-order chi connectivity index (χ1) is 14.5. The fourth-order valence-corrected chi connectivity index (χ4v) is 8.25. The van der Waals surface area contributed by atoms with Gasteiger partial charge >= 0.3 is 46.6 Å². The summed E-state index contributed by atoms with van der Waals surface area (Å²) in [6.07, 6.45) is 0. The highest BCUT2D eigenvalue weighted by Crippen LogP contribution is 2.82. The van der Waals surface area contributed by atoms with Crippen molar-refractivity contribution >= 4 is 23.5 Å². The molecule has 0 saturated carbocycles. The second-order valence-electron chi connectivity index (χ2n) is 6.70. The number of rotatable bonds is 4. The molecule has 9 bridgehead atoms. The van der Waals surface area contributed by atoms with Gasteiger partial charge in [0, 0.05) is 0 Å². The van der Waals surface area contributed by atoms with Crippen LogP contribution in [0.3, 0.4) is 0 Å². The molecule has 4 saturated heterocycles. The molecular formula is C10H7N2O16P3. The van der Waals surface area contributed by atoms with Gasteiger partial charge in [-0.25, -0.2) is 50.2 Å². The molecule has 1 aromatic heterocycles. The topological polar surface area (TPSA) is 208 Å². The summed E-state index contributed by atoms with van der Waals surface area (Å²) in [4.78, 5) is 26.0. The molecule has 4 fully saturated rings. The maximum atomic E-state index is 13.2. The third-order valence-electron chi connectivity index (χ3n) is 4.89. The van der Waals surface area contributed by atoms with Crippen LogP contribution >= 0.6 is 23.5 Å². The van der Waals surface area contributed by atoms with Crippen LogP contribution in [0, 0.1) is 0 Å². The maximum Gasteiger partial charge on any atom is 0.613 e. The fourth-order valence-electron chi connectivity index (χ4n) is 3.82. The predicted molar refractivity (Wildman–Crippen MR) is 82.9 cm³/mol. The summed E-state index contributed by atoms with van der Waals surface area (Å²) in [5.41, 5.74) is -3.41. The molecule has 2 unspecified atom stereocenters. The van der Waals surface area contributed by atoms with E-state index in [1.807, 2.05) is 0 Å². The molecule has 10 aliphatic rings. The smallest absolute Gasteiger partial charge is 0.394 e. The van der Waals surface area contributed by atoms with Crippen LogP contribution < -0.4 is 20.4 Å². The lowest BCUT2D eigenvalue weighted by molar-refractivity contribution is -0.434. The summed E-state index contributed by atoms with van der Waals surface area (Å²) >= 11 is 0. The summed E-state index contributed by atoms with van der Waals surface area (Å²) in [6.45, 7) is -2.00. The van der Waals surface area contributed by atoms with Gasteiger partial charge in [0.2, 0.25) is 5.88 Å². The molecule has 11 rings (SSSR count). The lowest BCUT2D eigenvalue weighted by atomic mass is 10.1. The molecule has 0 aliphatic carbocycles. The van der Waals surface area contributed by atoms with Gasteiger partial charge in [0.1, 0.15) is 6.61 Å². The van der Waals surface area contributed by atoms with E-state index < -0.39 is 83.7 Å². The Labute approximate surface area is 167 Å². The molecular weight excluding hydrogens is 497 g/mol. The van der Waals surface area contributed by atoms with Crippen LogP contribution in [-0.4, -0.2) is 40.0 Å². The van der Waals surface area contributed by atoms with E-state index in [9.17, 15) is 28.4 Å². The van der Waals surface area contributed by atoms with E-state index in [2.05, 4.69) is 0 Å². The van der Waals surface area contributed by atoms with Crippen LogP contribution in [0.2, 0.25) is 0 Å². The average Bonchev–Trinajstić information content (AvgIpc) is 3.06. The van der Waals surface area contributed by atoms with Gasteiger partial charge in [0.15, 0.2) is 5.56 Å². The van der Waals surface area contributed by atoms with Gasteiger partial charge in [-0.1, -0.05) is 4.73 Å². The summed E-state index contributed by atoms with van der Waals surface area (Å²) in [5.74, 6) is -8.74. The number of hydrogen-bond donors (Lipinski definition) is 1. The van der Waals surface area contributed by atoms with Crippen LogP contribution in [-0.2, 0) is 62.0 Å². The van der Waals surface area contributed by atoms with Crippen molar-refractivity contribution in [3.63, 3.8) is 0 Å². The molecule has 11 heterocycles. The molecule has 0 aromatic carbocycles. The molecule has 2 atom stereocenters. The van der Waals surface area contributed by atoms with Gasteiger partial charge in [0.25, 0.3) is 5.79 Å². The summed E-state index contributed by atoms with van der Waals surface area (Å²) in [5, 5.41) is 9.30. The van der Waals surface area contributed by atoms with Crippen LogP contribution in [0.5, 0.6) is 5.88 Å². The minimum Gasteiger partial charge on any atom is -0.394 e. The number of aliphatic hydroxyl groups is 1. The normalized spacial score (nSPS) is 49.5. The first-order valence-corrected chi connectivity index (χ1v) is 12.7. The monoisotopic (exact) mass is 504 g/mol. The fraction of sp³-hybridized carbons (Fsp3) is 0.600. The van der Waals surface area contributed by atoms with E-state index in [0.29, 0.717) is 4.57 Å². The van der Waals surface area contributed by atoms with Crippen LogP contribution in [0.4, 0.5) is 0 Å². The van der Waals surface area contributed by atoms with Crippen LogP contribution in [0.15, 0.2) is 9.59 Å². The Morgan fingerprint density at radius 2 is 1.71 bits per heavy atom. The van der Waals surface area contributed by atoms with Crippen molar-refractivity contribution in [3.8, 4) is 5.88 Å². The Hall–Kier alpha value is -1.39. The highest BCUT2D eigenvalue weighted by atomic mass is 31.2. The van der Waals surface area contributed by atoms with E-state index in [0.717, 1.165) is 0 Å². The van der Waals surface area contributed by atoms with Crippen LogP contribution in [0.1, 0.15) is 5.56 Å². The SMILES string of the molecule is O=c1c2c3n4c(=O)n1OP(=O)(O3)OC21OP(=O)(O1)OC4(OCCO)C12COP(=O)(O1)O2. The minimum atomic E-state index is -4.79. The zero-order valence-electron chi connectivity index (χ0n) is 14.4. The Balaban J connectivity index is 1.62. The van der Waals surface area contributed by atoms with Crippen molar-refractivity contribution in [3.05, 3.63) is 26.4 Å². The number of aromatic nitrogens is 2.